The maximum atomic E-state index is 13.0. The lowest BCUT2D eigenvalue weighted by molar-refractivity contribution is -0.142. The first-order valence-electron chi connectivity index (χ1n) is 6.48. The largest absolute Gasteiger partial charge is 0.486 e. The molecule has 1 unspecified atom stereocenters. The van der Waals surface area contributed by atoms with Gasteiger partial charge in [-0.25, -0.2) is 4.39 Å². The molecule has 0 aliphatic heterocycles. The van der Waals surface area contributed by atoms with E-state index in [1.165, 1.54) is 25.3 Å². The van der Waals surface area contributed by atoms with Crippen molar-refractivity contribution in [3.8, 4) is 5.75 Å². The summed E-state index contributed by atoms with van der Waals surface area (Å²) in [5.41, 5.74) is 5.65. The first kappa shape index (κ1) is 16.3. The summed E-state index contributed by atoms with van der Waals surface area (Å²) in [5.74, 6) is 0.512. The Morgan fingerprint density at radius 3 is 2.77 bits per heavy atom. The summed E-state index contributed by atoms with van der Waals surface area (Å²) < 4.78 is 28.5. The Balaban J connectivity index is 1.91. The fourth-order valence-corrected chi connectivity index (χ4v) is 1.95. The molecule has 0 aliphatic carbocycles. The Morgan fingerprint density at radius 2 is 2.09 bits per heavy atom. The smallest absolute Gasteiger partial charge is 0.323 e. The quantitative estimate of drug-likeness (QED) is 0.826. The fourth-order valence-electron chi connectivity index (χ4n) is 1.78. The van der Waals surface area contributed by atoms with Crippen LogP contribution in [0.2, 0.25) is 5.02 Å². The van der Waals surface area contributed by atoms with E-state index in [-0.39, 0.29) is 18.1 Å². The van der Waals surface area contributed by atoms with Gasteiger partial charge in [-0.2, -0.15) is 0 Å². The maximum absolute atomic E-state index is 13.0. The number of nitrogens with two attached hydrogens (primary N) is 1. The number of hydrogen-bond acceptors (Lipinski definition) is 5. The summed E-state index contributed by atoms with van der Waals surface area (Å²) in [6.07, 6.45) is 0.231. The predicted molar refractivity (Wildman–Crippen MR) is 78.1 cm³/mol. The average Bonchev–Trinajstić information content (AvgIpc) is 2.95. The Morgan fingerprint density at radius 1 is 1.36 bits per heavy atom. The number of methoxy groups -OCH3 is 1. The normalized spacial score (nSPS) is 12.0. The van der Waals surface area contributed by atoms with Gasteiger partial charge >= 0.3 is 5.97 Å². The molecule has 1 atom stereocenters. The molecule has 0 aliphatic rings. The molecule has 22 heavy (non-hydrogen) atoms. The molecule has 1 aromatic heterocycles. The van der Waals surface area contributed by atoms with Crippen molar-refractivity contribution >= 4 is 17.6 Å². The molecule has 2 N–H and O–H groups in total. The minimum atomic E-state index is -0.777. The molecule has 0 saturated carbocycles. The van der Waals surface area contributed by atoms with Crippen molar-refractivity contribution in [3.05, 3.63) is 52.7 Å². The van der Waals surface area contributed by atoms with Crippen molar-refractivity contribution in [2.45, 2.75) is 19.1 Å². The molecular weight excluding hydrogens is 313 g/mol. The van der Waals surface area contributed by atoms with Crippen molar-refractivity contribution < 1.29 is 23.1 Å². The van der Waals surface area contributed by atoms with Crippen LogP contribution in [0.15, 0.2) is 34.7 Å². The Bertz CT molecular complexity index is 659. The van der Waals surface area contributed by atoms with Gasteiger partial charge in [0.05, 0.1) is 12.1 Å². The van der Waals surface area contributed by atoms with Gasteiger partial charge in [-0.05, 0) is 24.3 Å². The molecule has 0 bridgehead atoms. The molecule has 0 saturated heterocycles. The van der Waals surface area contributed by atoms with Crippen molar-refractivity contribution in [1.29, 1.82) is 0 Å². The zero-order chi connectivity index (χ0) is 16.1. The van der Waals surface area contributed by atoms with Gasteiger partial charge in [0.25, 0.3) is 0 Å². The highest BCUT2D eigenvalue weighted by molar-refractivity contribution is 6.30. The van der Waals surface area contributed by atoms with E-state index >= 15 is 0 Å². The van der Waals surface area contributed by atoms with E-state index in [0.717, 1.165) is 0 Å². The van der Waals surface area contributed by atoms with Crippen LogP contribution in [-0.4, -0.2) is 19.1 Å². The Kier molecular flexibility index (Phi) is 5.41. The van der Waals surface area contributed by atoms with E-state index in [9.17, 15) is 9.18 Å². The number of hydrogen-bond donors (Lipinski definition) is 1. The minimum absolute atomic E-state index is 0.0123. The molecule has 7 heteroatoms. The van der Waals surface area contributed by atoms with Gasteiger partial charge < -0.3 is 19.6 Å². The highest BCUT2D eigenvalue weighted by atomic mass is 35.5. The summed E-state index contributed by atoms with van der Waals surface area (Å²) in [4.78, 5) is 11.2. The number of halogens is 2. The zero-order valence-electron chi connectivity index (χ0n) is 11.8. The molecule has 0 fully saturated rings. The maximum Gasteiger partial charge on any atom is 0.323 e. The number of carbonyl (C=O) groups excluding carboxylic acids is 1. The third kappa shape index (κ3) is 4.22. The molecule has 1 aromatic carbocycles. The van der Waals surface area contributed by atoms with E-state index in [1.54, 1.807) is 12.1 Å². The van der Waals surface area contributed by atoms with E-state index in [4.69, 9.17) is 26.5 Å². The zero-order valence-corrected chi connectivity index (χ0v) is 12.6. The highest BCUT2D eigenvalue weighted by Gasteiger charge is 2.16. The number of esters is 1. The fraction of sp³-hybridized carbons (Fsp3) is 0.267. The Hall–Kier alpha value is -2.05. The SMILES string of the molecule is COC(=O)C(N)Cc1ccc(COc2ccc(F)c(Cl)c2)o1. The molecule has 0 spiro atoms. The van der Waals surface area contributed by atoms with Gasteiger partial charge in [-0.1, -0.05) is 11.6 Å². The van der Waals surface area contributed by atoms with E-state index in [1.807, 2.05) is 0 Å². The second kappa shape index (κ2) is 7.29. The van der Waals surface area contributed by atoms with Crippen LogP contribution in [0.3, 0.4) is 0 Å². The van der Waals surface area contributed by atoms with Gasteiger partial charge in [-0.15, -0.1) is 0 Å². The first-order valence-corrected chi connectivity index (χ1v) is 6.86. The number of benzene rings is 1. The molecule has 118 valence electrons. The summed E-state index contributed by atoms with van der Waals surface area (Å²) in [6.45, 7) is 0.148. The minimum Gasteiger partial charge on any atom is -0.486 e. The van der Waals surface area contributed by atoms with Crippen LogP contribution in [0.1, 0.15) is 11.5 Å². The number of ether oxygens (including phenoxy) is 2. The molecule has 0 radical (unpaired) electrons. The molecule has 2 rings (SSSR count). The van der Waals surface area contributed by atoms with E-state index in [0.29, 0.717) is 17.3 Å². The van der Waals surface area contributed by atoms with E-state index < -0.39 is 17.8 Å². The van der Waals surface area contributed by atoms with Gasteiger partial charge in [-0.3, -0.25) is 4.79 Å². The van der Waals surface area contributed by atoms with Crippen LogP contribution < -0.4 is 10.5 Å². The molecular formula is C15H15ClFNO4. The lowest BCUT2D eigenvalue weighted by atomic mass is 10.2. The lowest BCUT2D eigenvalue weighted by Crippen LogP contribution is -2.33. The standard InChI is InChI=1S/C15H15ClFNO4/c1-20-15(19)14(18)7-10-2-3-11(22-10)8-21-9-4-5-13(17)12(16)6-9/h2-6,14H,7-8,18H2,1H3. The third-order valence-electron chi connectivity index (χ3n) is 2.91. The average molecular weight is 328 g/mol. The first-order chi connectivity index (χ1) is 10.5. The van der Waals surface area contributed by atoms with Crippen LogP contribution >= 0.6 is 11.6 Å². The second-order valence-corrected chi connectivity index (χ2v) is 4.97. The third-order valence-corrected chi connectivity index (χ3v) is 3.20. The van der Waals surface area contributed by atoms with Crippen molar-refractivity contribution in [2.24, 2.45) is 5.73 Å². The predicted octanol–water partition coefficient (Wildman–Crippen LogP) is 2.69. The van der Waals surface area contributed by atoms with Crippen LogP contribution in [0.5, 0.6) is 5.75 Å². The van der Waals surface area contributed by atoms with Crippen molar-refractivity contribution in [2.75, 3.05) is 7.11 Å². The second-order valence-electron chi connectivity index (χ2n) is 4.57. The number of rotatable bonds is 6. The molecule has 1 heterocycles. The molecule has 2 aromatic rings. The van der Waals surface area contributed by atoms with Crippen molar-refractivity contribution in [1.82, 2.24) is 0 Å². The van der Waals surface area contributed by atoms with Crippen LogP contribution in [-0.2, 0) is 22.6 Å². The lowest BCUT2D eigenvalue weighted by Gasteiger charge is -2.07. The van der Waals surface area contributed by atoms with Gasteiger partial charge in [0, 0.05) is 12.5 Å². The van der Waals surface area contributed by atoms with Gasteiger partial charge in [0.2, 0.25) is 0 Å². The van der Waals surface area contributed by atoms with Gasteiger partial charge in [0.15, 0.2) is 0 Å². The van der Waals surface area contributed by atoms with Crippen LogP contribution in [0, 0.1) is 5.82 Å². The van der Waals surface area contributed by atoms with Crippen LogP contribution in [0.25, 0.3) is 0 Å². The summed E-state index contributed by atoms with van der Waals surface area (Å²) in [7, 11) is 1.28. The Labute approximate surface area is 131 Å². The topological polar surface area (TPSA) is 74.7 Å². The number of furan rings is 1. The highest BCUT2D eigenvalue weighted by Crippen LogP contribution is 2.22. The van der Waals surface area contributed by atoms with Crippen LogP contribution in [0.4, 0.5) is 4.39 Å². The summed E-state index contributed by atoms with van der Waals surface area (Å²) in [6, 6.07) is 6.72. The van der Waals surface area contributed by atoms with Crippen molar-refractivity contribution in [3.63, 3.8) is 0 Å². The molecule has 5 nitrogen and oxygen atoms in total. The summed E-state index contributed by atoms with van der Waals surface area (Å²) >= 11 is 5.66. The van der Waals surface area contributed by atoms with Gasteiger partial charge in [0.1, 0.15) is 35.7 Å². The molecule has 0 amide bonds. The number of carbonyl (C=O) groups is 1. The summed E-state index contributed by atoms with van der Waals surface area (Å²) in [5, 5.41) is -0.0123. The monoisotopic (exact) mass is 327 g/mol. The van der Waals surface area contributed by atoms with E-state index in [2.05, 4.69) is 4.74 Å².